The molecule has 0 unspecified atom stereocenters. The number of ether oxygens (including phenoxy) is 1. The topological polar surface area (TPSA) is 99.6 Å². The quantitative estimate of drug-likeness (QED) is 0.600. The van der Waals surface area contributed by atoms with Gasteiger partial charge in [-0.15, -0.1) is 5.10 Å². The molecule has 1 aromatic carbocycles. The standard InChI is InChI=1S/C19H21F3N4O3S/c1-3-5-6-12-9-13(10-15(30(23,27)28)18(12)19(20,21)22)14-11-26-16(24-14)7-8-17(25-26)29-4-2/h7-11H,3-6H2,1-2H3,(H2,23,27,28). The van der Waals surface area contributed by atoms with Crippen molar-refractivity contribution < 1.29 is 26.3 Å². The van der Waals surface area contributed by atoms with Gasteiger partial charge in [-0.25, -0.2) is 23.1 Å². The van der Waals surface area contributed by atoms with Crippen molar-refractivity contribution in [3.05, 3.63) is 41.6 Å². The highest BCUT2D eigenvalue weighted by atomic mass is 32.2. The number of aromatic nitrogens is 3. The molecule has 0 atom stereocenters. The monoisotopic (exact) mass is 442 g/mol. The van der Waals surface area contributed by atoms with Crippen LogP contribution in [0.15, 0.2) is 35.4 Å². The van der Waals surface area contributed by atoms with Crippen molar-refractivity contribution >= 4 is 15.7 Å². The molecule has 3 aromatic rings. The molecule has 2 heterocycles. The van der Waals surface area contributed by atoms with Crippen LogP contribution in [0, 0.1) is 0 Å². The molecule has 0 bridgehead atoms. The first-order chi connectivity index (χ1) is 14.0. The first-order valence-corrected chi connectivity index (χ1v) is 10.9. The highest BCUT2D eigenvalue weighted by molar-refractivity contribution is 7.89. The van der Waals surface area contributed by atoms with Crippen LogP contribution in [0.5, 0.6) is 5.88 Å². The predicted octanol–water partition coefficient (Wildman–Crippen LogP) is 3.80. The van der Waals surface area contributed by atoms with E-state index in [1.165, 1.54) is 16.8 Å². The summed E-state index contributed by atoms with van der Waals surface area (Å²) in [6, 6.07) is 5.49. The molecule has 0 aliphatic carbocycles. The van der Waals surface area contributed by atoms with Gasteiger partial charge in [0.05, 0.1) is 29.0 Å². The molecule has 2 N–H and O–H groups in total. The Bertz CT molecular complexity index is 1170. The lowest BCUT2D eigenvalue weighted by Gasteiger charge is -2.18. The van der Waals surface area contributed by atoms with Gasteiger partial charge < -0.3 is 4.74 Å². The summed E-state index contributed by atoms with van der Waals surface area (Å²) >= 11 is 0. The van der Waals surface area contributed by atoms with Gasteiger partial charge in [0.15, 0.2) is 5.65 Å². The van der Waals surface area contributed by atoms with E-state index in [1.54, 1.807) is 19.1 Å². The summed E-state index contributed by atoms with van der Waals surface area (Å²) in [4.78, 5) is 3.39. The van der Waals surface area contributed by atoms with Gasteiger partial charge in [-0.1, -0.05) is 13.3 Å². The third-order valence-electron chi connectivity index (χ3n) is 4.46. The van der Waals surface area contributed by atoms with Crippen molar-refractivity contribution in [2.24, 2.45) is 5.14 Å². The van der Waals surface area contributed by atoms with E-state index in [2.05, 4.69) is 10.1 Å². The van der Waals surface area contributed by atoms with Gasteiger partial charge >= 0.3 is 6.18 Å². The Morgan fingerprint density at radius 3 is 2.53 bits per heavy atom. The number of fused-ring (bicyclic) bond motifs is 1. The Hall–Kier alpha value is -2.66. The van der Waals surface area contributed by atoms with Crippen molar-refractivity contribution in [2.45, 2.75) is 44.2 Å². The zero-order valence-corrected chi connectivity index (χ0v) is 17.2. The number of alkyl halides is 3. The van der Waals surface area contributed by atoms with Gasteiger partial charge in [0, 0.05) is 11.6 Å². The van der Waals surface area contributed by atoms with Crippen LogP contribution in [0.3, 0.4) is 0 Å². The van der Waals surface area contributed by atoms with Gasteiger partial charge in [-0.2, -0.15) is 13.2 Å². The van der Waals surface area contributed by atoms with Gasteiger partial charge in [-0.05, 0) is 43.5 Å². The number of unbranched alkanes of at least 4 members (excludes halogenated alkanes) is 1. The summed E-state index contributed by atoms with van der Waals surface area (Å²) in [5, 5.41) is 9.36. The number of benzene rings is 1. The number of hydrogen-bond acceptors (Lipinski definition) is 5. The molecule has 0 amide bonds. The molecular weight excluding hydrogens is 421 g/mol. The lowest BCUT2D eigenvalue weighted by molar-refractivity contribution is -0.140. The van der Waals surface area contributed by atoms with Gasteiger partial charge in [0.25, 0.3) is 0 Å². The SMILES string of the molecule is CCCCc1cc(-c2cn3nc(OCC)ccc3n2)cc(S(N)(=O)=O)c1C(F)(F)F. The van der Waals surface area contributed by atoms with Crippen LogP contribution in [0.2, 0.25) is 0 Å². The van der Waals surface area contributed by atoms with Gasteiger partial charge in [0.1, 0.15) is 0 Å². The molecule has 3 rings (SSSR count). The number of aryl methyl sites for hydroxylation is 1. The van der Waals surface area contributed by atoms with Gasteiger partial charge in [-0.3, -0.25) is 0 Å². The summed E-state index contributed by atoms with van der Waals surface area (Å²) in [6.07, 6.45) is -2.21. The summed E-state index contributed by atoms with van der Waals surface area (Å²) in [7, 11) is -4.63. The molecule has 0 saturated carbocycles. The predicted molar refractivity (Wildman–Crippen MR) is 105 cm³/mol. The van der Waals surface area contributed by atoms with Crippen molar-refractivity contribution in [1.29, 1.82) is 0 Å². The van der Waals surface area contributed by atoms with Crippen LogP contribution in [0.4, 0.5) is 13.2 Å². The largest absolute Gasteiger partial charge is 0.477 e. The van der Waals surface area contributed by atoms with Crippen molar-refractivity contribution in [1.82, 2.24) is 14.6 Å². The minimum atomic E-state index is -4.86. The third-order valence-corrected chi connectivity index (χ3v) is 5.39. The van der Waals surface area contributed by atoms with Crippen LogP contribution in [-0.2, 0) is 22.6 Å². The maximum absolute atomic E-state index is 13.7. The van der Waals surface area contributed by atoms with Crippen LogP contribution in [0.25, 0.3) is 16.9 Å². The number of primary sulfonamides is 1. The molecule has 0 saturated heterocycles. The highest BCUT2D eigenvalue weighted by Crippen LogP contribution is 2.39. The van der Waals surface area contributed by atoms with Crippen LogP contribution in [0.1, 0.15) is 37.8 Å². The third kappa shape index (κ3) is 4.57. The van der Waals surface area contributed by atoms with E-state index >= 15 is 0 Å². The summed E-state index contributed by atoms with van der Waals surface area (Å²) in [6.45, 7) is 4.05. The molecule has 2 aromatic heterocycles. The number of halogens is 3. The highest BCUT2D eigenvalue weighted by Gasteiger charge is 2.39. The molecule has 0 fully saturated rings. The fraction of sp³-hybridized carbons (Fsp3) is 0.368. The Labute approximate surface area is 171 Å². The summed E-state index contributed by atoms with van der Waals surface area (Å²) in [5.41, 5.74) is -0.441. The maximum Gasteiger partial charge on any atom is 0.417 e. The molecule has 0 aliphatic rings. The van der Waals surface area contributed by atoms with E-state index in [1.807, 2.05) is 6.92 Å². The number of rotatable bonds is 7. The van der Waals surface area contributed by atoms with E-state index in [0.717, 1.165) is 6.07 Å². The van der Waals surface area contributed by atoms with Crippen LogP contribution >= 0.6 is 0 Å². The molecule has 30 heavy (non-hydrogen) atoms. The number of hydrogen-bond donors (Lipinski definition) is 1. The Morgan fingerprint density at radius 2 is 1.93 bits per heavy atom. The van der Waals surface area contributed by atoms with E-state index in [-0.39, 0.29) is 23.2 Å². The number of nitrogens with two attached hydrogens (primary N) is 1. The molecule has 0 aliphatic heterocycles. The minimum absolute atomic E-state index is 0.0574. The lowest BCUT2D eigenvalue weighted by atomic mass is 9.97. The lowest BCUT2D eigenvalue weighted by Crippen LogP contribution is -2.21. The van der Waals surface area contributed by atoms with E-state index in [0.29, 0.717) is 31.0 Å². The van der Waals surface area contributed by atoms with E-state index < -0.39 is 26.7 Å². The number of sulfonamides is 1. The molecular formula is C19H21F3N4O3S. The zero-order valence-electron chi connectivity index (χ0n) is 16.4. The molecule has 0 spiro atoms. The smallest absolute Gasteiger partial charge is 0.417 e. The average molecular weight is 442 g/mol. The first kappa shape index (κ1) is 22.0. The van der Waals surface area contributed by atoms with Gasteiger partial charge in [0.2, 0.25) is 15.9 Å². The molecule has 0 radical (unpaired) electrons. The normalized spacial score (nSPS) is 12.5. The maximum atomic E-state index is 13.7. The minimum Gasteiger partial charge on any atom is -0.477 e. The van der Waals surface area contributed by atoms with Crippen molar-refractivity contribution in [2.75, 3.05) is 6.61 Å². The second kappa shape index (κ2) is 8.23. The second-order valence-corrected chi connectivity index (χ2v) is 8.22. The van der Waals surface area contributed by atoms with Crippen molar-refractivity contribution in [3.8, 4) is 17.1 Å². The van der Waals surface area contributed by atoms with Crippen LogP contribution in [-0.4, -0.2) is 29.6 Å². The Balaban J connectivity index is 2.23. The number of imidazole rings is 1. The van der Waals surface area contributed by atoms with Crippen LogP contribution < -0.4 is 9.88 Å². The summed E-state index contributed by atoms with van der Waals surface area (Å²) < 4.78 is 72.0. The average Bonchev–Trinajstić information content (AvgIpc) is 3.07. The Morgan fingerprint density at radius 1 is 1.20 bits per heavy atom. The van der Waals surface area contributed by atoms with E-state index in [9.17, 15) is 21.6 Å². The zero-order chi connectivity index (χ0) is 22.1. The number of nitrogens with zero attached hydrogens (tertiary/aromatic N) is 3. The molecule has 162 valence electrons. The van der Waals surface area contributed by atoms with E-state index in [4.69, 9.17) is 9.88 Å². The summed E-state index contributed by atoms with van der Waals surface area (Å²) in [5.74, 6) is 0.357. The Kier molecular flexibility index (Phi) is 6.04. The fourth-order valence-corrected chi connectivity index (χ4v) is 3.98. The van der Waals surface area contributed by atoms with Crippen molar-refractivity contribution in [3.63, 3.8) is 0 Å². The first-order valence-electron chi connectivity index (χ1n) is 9.31. The molecule has 11 heteroatoms. The molecule has 7 nitrogen and oxygen atoms in total. The fourth-order valence-electron chi connectivity index (χ4n) is 3.16. The second-order valence-electron chi connectivity index (χ2n) is 6.69.